The van der Waals surface area contributed by atoms with Crippen LogP contribution in [0.4, 0.5) is 10.5 Å². The van der Waals surface area contributed by atoms with Gasteiger partial charge in [-0.2, -0.15) is 0 Å². The summed E-state index contributed by atoms with van der Waals surface area (Å²) in [5.74, 6) is 0. The molecule has 1 aromatic rings. The van der Waals surface area contributed by atoms with Gasteiger partial charge in [-0.15, -0.1) is 11.8 Å². The predicted octanol–water partition coefficient (Wildman–Crippen LogP) is 4.20. The van der Waals surface area contributed by atoms with Gasteiger partial charge in [-0.1, -0.05) is 34.1 Å². The summed E-state index contributed by atoms with van der Waals surface area (Å²) in [6.45, 7) is 9.62. The SMILES string of the molecule is CCCCN(CCO)C(=O)Nc1ccc(SC(C)(C)C)cc1. The molecule has 2 amide bonds. The number of carbonyl (C=O) groups is 1. The molecule has 0 unspecified atom stereocenters. The van der Waals surface area contributed by atoms with Gasteiger partial charge >= 0.3 is 6.03 Å². The molecule has 0 saturated heterocycles. The van der Waals surface area contributed by atoms with E-state index in [0.29, 0.717) is 13.1 Å². The Balaban J connectivity index is 2.62. The first-order chi connectivity index (χ1) is 10.4. The van der Waals surface area contributed by atoms with E-state index in [1.807, 2.05) is 24.3 Å². The molecule has 5 heteroatoms. The van der Waals surface area contributed by atoms with E-state index in [1.54, 1.807) is 16.7 Å². The lowest BCUT2D eigenvalue weighted by molar-refractivity contribution is 0.187. The van der Waals surface area contributed by atoms with Crippen molar-refractivity contribution in [2.24, 2.45) is 0 Å². The van der Waals surface area contributed by atoms with Gasteiger partial charge in [0, 0.05) is 28.4 Å². The Morgan fingerprint density at radius 3 is 2.36 bits per heavy atom. The van der Waals surface area contributed by atoms with Crippen LogP contribution in [0.15, 0.2) is 29.2 Å². The molecule has 22 heavy (non-hydrogen) atoms. The summed E-state index contributed by atoms with van der Waals surface area (Å²) in [5, 5.41) is 12.0. The molecule has 1 rings (SSSR count). The number of hydrogen-bond donors (Lipinski definition) is 2. The summed E-state index contributed by atoms with van der Waals surface area (Å²) in [5.41, 5.74) is 0.780. The minimum atomic E-state index is -0.154. The Hall–Kier alpha value is -1.20. The van der Waals surface area contributed by atoms with Crippen LogP contribution in [0, 0.1) is 0 Å². The minimum Gasteiger partial charge on any atom is -0.395 e. The lowest BCUT2D eigenvalue weighted by Crippen LogP contribution is -2.37. The minimum absolute atomic E-state index is 0.0156. The van der Waals surface area contributed by atoms with Crippen molar-refractivity contribution < 1.29 is 9.90 Å². The van der Waals surface area contributed by atoms with Crippen molar-refractivity contribution in [2.75, 3.05) is 25.0 Å². The summed E-state index contributed by atoms with van der Waals surface area (Å²) < 4.78 is 0.169. The van der Waals surface area contributed by atoms with E-state index in [-0.39, 0.29) is 17.4 Å². The van der Waals surface area contributed by atoms with Gasteiger partial charge in [0.1, 0.15) is 0 Å². The maximum Gasteiger partial charge on any atom is 0.321 e. The summed E-state index contributed by atoms with van der Waals surface area (Å²) in [6, 6.07) is 7.73. The Morgan fingerprint density at radius 1 is 1.23 bits per heavy atom. The van der Waals surface area contributed by atoms with Crippen LogP contribution in [-0.2, 0) is 0 Å². The average Bonchev–Trinajstić information content (AvgIpc) is 2.44. The molecule has 2 N–H and O–H groups in total. The highest BCUT2D eigenvalue weighted by Gasteiger charge is 2.14. The highest BCUT2D eigenvalue weighted by molar-refractivity contribution is 8.00. The number of aliphatic hydroxyl groups excluding tert-OH is 1. The highest BCUT2D eigenvalue weighted by atomic mass is 32.2. The number of nitrogens with one attached hydrogen (secondary N) is 1. The summed E-state index contributed by atoms with van der Waals surface area (Å²) in [4.78, 5) is 15.1. The number of thioether (sulfide) groups is 1. The number of carbonyl (C=O) groups excluding carboxylic acids is 1. The monoisotopic (exact) mass is 324 g/mol. The van der Waals surface area contributed by atoms with Gasteiger partial charge in [0.15, 0.2) is 0 Å². The number of benzene rings is 1. The maximum atomic E-state index is 12.2. The van der Waals surface area contributed by atoms with Crippen LogP contribution >= 0.6 is 11.8 Å². The summed E-state index contributed by atoms with van der Waals surface area (Å²) in [6.07, 6.45) is 1.96. The van der Waals surface area contributed by atoms with Gasteiger partial charge in [0.25, 0.3) is 0 Å². The largest absolute Gasteiger partial charge is 0.395 e. The third-order valence-corrected chi connectivity index (χ3v) is 4.09. The smallest absolute Gasteiger partial charge is 0.321 e. The standard InChI is InChI=1S/C17H28N2O2S/c1-5-6-11-19(12-13-20)16(21)18-14-7-9-15(10-8-14)22-17(2,3)4/h7-10,20H,5-6,11-13H2,1-4H3,(H,18,21). The molecule has 0 aliphatic carbocycles. The van der Waals surface area contributed by atoms with Gasteiger partial charge < -0.3 is 15.3 Å². The molecule has 0 spiro atoms. The van der Waals surface area contributed by atoms with Crippen LogP contribution < -0.4 is 5.32 Å². The van der Waals surface area contributed by atoms with Crippen LogP contribution in [0.1, 0.15) is 40.5 Å². The van der Waals surface area contributed by atoms with E-state index in [0.717, 1.165) is 18.5 Å². The van der Waals surface area contributed by atoms with Crippen molar-refractivity contribution in [3.63, 3.8) is 0 Å². The summed E-state index contributed by atoms with van der Waals surface area (Å²) in [7, 11) is 0. The first-order valence-electron chi connectivity index (χ1n) is 7.81. The number of urea groups is 1. The predicted molar refractivity (Wildman–Crippen MR) is 94.6 cm³/mol. The molecule has 1 aromatic carbocycles. The number of nitrogens with zero attached hydrogens (tertiary/aromatic N) is 1. The van der Waals surface area contributed by atoms with Crippen LogP contribution in [-0.4, -0.2) is 40.5 Å². The molecule has 0 aliphatic heterocycles. The first kappa shape index (κ1) is 18.8. The van der Waals surface area contributed by atoms with Crippen molar-refractivity contribution in [3.8, 4) is 0 Å². The van der Waals surface area contributed by atoms with Gasteiger partial charge in [-0.3, -0.25) is 0 Å². The van der Waals surface area contributed by atoms with Gasteiger partial charge in [-0.05, 0) is 30.7 Å². The molecule has 0 radical (unpaired) electrons. The lowest BCUT2D eigenvalue weighted by atomic mass is 10.3. The first-order valence-corrected chi connectivity index (χ1v) is 8.63. The molecular weight excluding hydrogens is 296 g/mol. The molecule has 0 atom stereocenters. The van der Waals surface area contributed by atoms with Gasteiger partial charge in [-0.25, -0.2) is 4.79 Å². The van der Waals surface area contributed by atoms with Crippen LogP contribution in [0.5, 0.6) is 0 Å². The number of anilines is 1. The van der Waals surface area contributed by atoms with E-state index in [2.05, 4.69) is 33.0 Å². The van der Waals surface area contributed by atoms with Crippen LogP contribution in [0.2, 0.25) is 0 Å². The zero-order valence-corrected chi connectivity index (χ0v) is 14.9. The third kappa shape index (κ3) is 7.18. The Bertz CT molecular complexity index is 455. The van der Waals surface area contributed by atoms with E-state index in [4.69, 9.17) is 5.11 Å². The van der Waals surface area contributed by atoms with E-state index >= 15 is 0 Å². The molecule has 0 aromatic heterocycles. The average molecular weight is 324 g/mol. The molecule has 0 aliphatic rings. The van der Waals surface area contributed by atoms with E-state index < -0.39 is 0 Å². The fourth-order valence-corrected chi connectivity index (χ4v) is 2.93. The number of rotatable bonds is 7. The fraction of sp³-hybridized carbons (Fsp3) is 0.588. The van der Waals surface area contributed by atoms with Crippen molar-refractivity contribution in [3.05, 3.63) is 24.3 Å². The molecule has 0 fully saturated rings. The van der Waals surface area contributed by atoms with Crippen LogP contribution in [0.25, 0.3) is 0 Å². The van der Waals surface area contributed by atoms with E-state index in [1.165, 1.54) is 4.90 Å². The molecule has 0 bridgehead atoms. The Kier molecular flexibility index (Phi) is 7.76. The molecule has 0 heterocycles. The van der Waals surface area contributed by atoms with Crippen molar-refractivity contribution in [1.29, 1.82) is 0 Å². The number of hydrogen-bond acceptors (Lipinski definition) is 3. The maximum absolute atomic E-state index is 12.2. The molecule has 124 valence electrons. The Labute approximate surface area is 138 Å². The fourth-order valence-electron chi connectivity index (χ4n) is 1.95. The quantitative estimate of drug-likeness (QED) is 0.739. The lowest BCUT2D eigenvalue weighted by Gasteiger charge is -2.22. The highest BCUT2D eigenvalue weighted by Crippen LogP contribution is 2.32. The normalized spacial score (nSPS) is 11.3. The Morgan fingerprint density at radius 2 is 1.86 bits per heavy atom. The number of aliphatic hydroxyl groups is 1. The topological polar surface area (TPSA) is 52.6 Å². The van der Waals surface area contributed by atoms with Crippen molar-refractivity contribution >= 4 is 23.5 Å². The van der Waals surface area contributed by atoms with Crippen molar-refractivity contribution in [1.82, 2.24) is 4.90 Å². The zero-order valence-electron chi connectivity index (χ0n) is 14.1. The molecular formula is C17H28N2O2S. The number of amides is 2. The molecule has 4 nitrogen and oxygen atoms in total. The number of unbranched alkanes of at least 4 members (excludes halogenated alkanes) is 1. The third-order valence-electron chi connectivity index (χ3n) is 2.97. The second-order valence-electron chi connectivity index (χ2n) is 6.23. The summed E-state index contributed by atoms with van der Waals surface area (Å²) >= 11 is 1.80. The second kappa shape index (κ2) is 9.06. The van der Waals surface area contributed by atoms with E-state index in [9.17, 15) is 4.79 Å². The van der Waals surface area contributed by atoms with Gasteiger partial charge in [0.05, 0.1) is 6.61 Å². The van der Waals surface area contributed by atoms with Crippen LogP contribution in [0.3, 0.4) is 0 Å². The molecule has 0 saturated carbocycles. The van der Waals surface area contributed by atoms with Crippen molar-refractivity contribution in [2.45, 2.75) is 50.2 Å². The zero-order chi connectivity index (χ0) is 16.6. The van der Waals surface area contributed by atoms with Gasteiger partial charge in [0.2, 0.25) is 0 Å². The second-order valence-corrected chi connectivity index (χ2v) is 8.13.